The average Bonchev–Trinajstić information content (AvgIpc) is 2.71. The second-order valence-corrected chi connectivity index (χ2v) is 6.60. The molecule has 1 N–H and O–H groups in total. The van der Waals surface area contributed by atoms with Crippen molar-refractivity contribution in [1.82, 2.24) is 4.31 Å². The standard InChI is InChI=1S/C12H13F2NO4S/c1-7-4-5-15(11(7)12(16)17)20(18,19)10-3-2-8(13)6-9(10)14/h2-3,6-7,11H,4-5H2,1H3,(H,16,17). The predicted molar refractivity (Wildman–Crippen MR) is 65.5 cm³/mol. The van der Waals surface area contributed by atoms with Crippen molar-refractivity contribution in [2.24, 2.45) is 5.92 Å². The Balaban J connectivity index is 2.47. The second-order valence-electron chi connectivity index (χ2n) is 4.74. The summed E-state index contributed by atoms with van der Waals surface area (Å²) >= 11 is 0. The molecule has 1 aliphatic rings. The van der Waals surface area contributed by atoms with Gasteiger partial charge in [-0.3, -0.25) is 4.79 Å². The molecule has 5 nitrogen and oxygen atoms in total. The van der Waals surface area contributed by atoms with Gasteiger partial charge in [0, 0.05) is 12.6 Å². The van der Waals surface area contributed by atoms with Crippen molar-refractivity contribution in [2.75, 3.05) is 6.54 Å². The first-order valence-corrected chi connectivity index (χ1v) is 7.39. The van der Waals surface area contributed by atoms with E-state index in [9.17, 15) is 22.0 Å². The van der Waals surface area contributed by atoms with Gasteiger partial charge in [-0.2, -0.15) is 4.31 Å². The van der Waals surface area contributed by atoms with E-state index < -0.39 is 38.6 Å². The first-order valence-electron chi connectivity index (χ1n) is 5.95. The molecule has 110 valence electrons. The van der Waals surface area contributed by atoms with Crippen LogP contribution >= 0.6 is 0 Å². The maximum absolute atomic E-state index is 13.6. The highest BCUT2D eigenvalue weighted by molar-refractivity contribution is 7.89. The third-order valence-electron chi connectivity index (χ3n) is 3.39. The predicted octanol–water partition coefficient (Wildman–Crippen LogP) is 1.45. The number of aliphatic carboxylic acids is 1. The minimum atomic E-state index is -4.30. The monoisotopic (exact) mass is 305 g/mol. The van der Waals surface area contributed by atoms with Crippen molar-refractivity contribution in [3.8, 4) is 0 Å². The number of benzene rings is 1. The zero-order chi connectivity index (χ0) is 15.1. The van der Waals surface area contributed by atoms with Crippen LogP contribution in [-0.4, -0.2) is 36.4 Å². The van der Waals surface area contributed by atoms with Crippen molar-refractivity contribution in [3.05, 3.63) is 29.8 Å². The molecule has 0 spiro atoms. The van der Waals surface area contributed by atoms with Gasteiger partial charge in [-0.15, -0.1) is 0 Å². The van der Waals surface area contributed by atoms with Gasteiger partial charge in [0.25, 0.3) is 0 Å². The highest BCUT2D eigenvalue weighted by atomic mass is 32.2. The van der Waals surface area contributed by atoms with Gasteiger partial charge in [0.1, 0.15) is 22.6 Å². The zero-order valence-electron chi connectivity index (χ0n) is 10.6. The molecule has 1 heterocycles. The van der Waals surface area contributed by atoms with E-state index in [0.29, 0.717) is 12.5 Å². The van der Waals surface area contributed by atoms with E-state index in [1.807, 2.05) is 0 Å². The maximum atomic E-state index is 13.6. The molecule has 8 heteroatoms. The van der Waals surface area contributed by atoms with Crippen LogP contribution in [0.4, 0.5) is 8.78 Å². The van der Waals surface area contributed by atoms with E-state index >= 15 is 0 Å². The number of carboxylic acids is 1. The molecule has 1 saturated heterocycles. The van der Waals surface area contributed by atoms with Crippen LogP contribution in [0.3, 0.4) is 0 Å². The molecule has 0 aliphatic carbocycles. The Morgan fingerprint density at radius 1 is 1.40 bits per heavy atom. The van der Waals surface area contributed by atoms with Crippen molar-refractivity contribution in [2.45, 2.75) is 24.3 Å². The van der Waals surface area contributed by atoms with Gasteiger partial charge in [0.05, 0.1) is 0 Å². The second kappa shape index (κ2) is 5.10. The van der Waals surface area contributed by atoms with Crippen molar-refractivity contribution >= 4 is 16.0 Å². The fourth-order valence-corrected chi connectivity index (χ4v) is 4.10. The number of hydrogen-bond acceptors (Lipinski definition) is 3. The summed E-state index contributed by atoms with van der Waals surface area (Å²) in [7, 11) is -4.30. The van der Waals surface area contributed by atoms with Gasteiger partial charge in [0.15, 0.2) is 0 Å². The molecule has 0 bridgehead atoms. The molecule has 1 aliphatic heterocycles. The van der Waals surface area contributed by atoms with Crippen molar-refractivity contribution in [3.63, 3.8) is 0 Å². The van der Waals surface area contributed by atoms with E-state index in [0.717, 1.165) is 16.4 Å². The Labute approximate surface area is 114 Å². The zero-order valence-corrected chi connectivity index (χ0v) is 11.4. The first-order chi connectivity index (χ1) is 9.25. The quantitative estimate of drug-likeness (QED) is 0.917. The summed E-state index contributed by atoms with van der Waals surface area (Å²) in [4.78, 5) is 10.5. The summed E-state index contributed by atoms with van der Waals surface area (Å²) in [6.45, 7) is 1.62. The van der Waals surface area contributed by atoms with Crippen LogP contribution in [0.15, 0.2) is 23.1 Å². The Bertz CT molecular complexity index is 647. The molecule has 1 aromatic rings. The van der Waals surface area contributed by atoms with Gasteiger partial charge < -0.3 is 5.11 Å². The highest BCUT2D eigenvalue weighted by Crippen LogP contribution is 2.31. The Hall–Kier alpha value is -1.54. The molecule has 0 radical (unpaired) electrons. The number of hydrogen-bond donors (Lipinski definition) is 1. The summed E-state index contributed by atoms with van der Waals surface area (Å²) in [5.41, 5.74) is 0. The van der Waals surface area contributed by atoms with Gasteiger partial charge in [-0.25, -0.2) is 17.2 Å². The van der Waals surface area contributed by atoms with Gasteiger partial charge in [-0.1, -0.05) is 6.92 Å². The number of nitrogens with zero attached hydrogens (tertiary/aromatic N) is 1. The van der Waals surface area contributed by atoms with Crippen LogP contribution in [0.1, 0.15) is 13.3 Å². The Morgan fingerprint density at radius 2 is 2.05 bits per heavy atom. The largest absolute Gasteiger partial charge is 0.480 e. The number of halogens is 2. The van der Waals surface area contributed by atoms with Gasteiger partial charge in [0.2, 0.25) is 10.0 Å². The average molecular weight is 305 g/mol. The molecule has 20 heavy (non-hydrogen) atoms. The number of carboxylic acid groups (broad SMARTS) is 1. The lowest BCUT2D eigenvalue weighted by atomic mass is 10.0. The maximum Gasteiger partial charge on any atom is 0.322 e. The summed E-state index contributed by atoms with van der Waals surface area (Å²) in [6, 6.07) is 0.861. The molecular formula is C12H13F2NO4S. The van der Waals surface area contributed by atoms with E-state index in [2.05, 4.69) is 0 Å². The number of carbonyl (C=O) groups is 1. The minimum Gasteiger partial charge on any atom is -0.480 e. The van der Waals surface area contributed by atoms with E-state index in [1.165, 1.54) is 0 Å². The molecule has 2 unspecified atom stereocenters. The number of sulfonamides is 1. The SMILES string of the molecule is CC1CCN(S(=O)(=O)c2ccc(F)cc2F)C1C(=O)O. The fourth-order valence-electron chi connectivity index (χ4n) is 2.36. The van der Waals surface area contributed by atoms with Crippen LogP contribution in [0.5, 0.6) is 0 Å². The molecule has 1 aromatic carbocycles. The molecule has 1 fully saturated rings. The van der Waals surface area contributed by atoms with Crippen molar-refractivity contribution in [1.29, 1.82) is 0 Å². The van der Waals surface area contributed by atoms with Crippen LogP contribution in [0.2, 0.25) is 0 Å². The van der Waals surface area contributed by atoms with Gasteiger partial charge >= 0.3 is 5.97 Å². The van der Waals surface area contributed by atoms with Crippen LogP contribution < -0.4 is 0 Å². The molecule has 2 rings (SSSR count). The normalized spacial score (nSPS) is 23.9. The lowest BCUT2D eigenvalue weighted by Crippen LogP contribution is -2.42. The smallest absolute Gasteiger partial charge is 0.322 e. The van der Waals surface area contributed by atoms with Crippen LogP contribution in [0, 0.1) is 17.6 Å². The molecule has 0 aromatic heterocycles. The van der Waals surface area contributed by atoms with Crippen LogP contribution in [0.25, 0.3) is 0 Å². The summed E-state index contributed by atoms with van der Waals surface area (Å²) in [5, 5.41) is 9.12. The summed E-state index contributed by atoms with van der Waals surface area (Å²) < 4.78 is 51.9. The summed E-state index contributed by atoms with van der Waals surface area (Å²) in [6.07, 6.45) is 0.374. The molecule has 2 atom stereocenters. The fraction of sp³-hybridized carbons (Fsp3) is 0.417. The minimum absolute atomic E-state index is 0.00270. The topological polar surface area (TPSA) is 74.7 Å². The van der Waals surface area contributed by atoms with Gasteiger partial charge in [-0.05, 0) is 24.5 Å². The molecule has 0 saturated carbocycles. The van der Waals surface area contributed by atoms with E-state index in [-0.39, 0.29) is 12.5 Å². The van der Waals surface area contributed by atoms with Crippen molar-refractivity contribution < 1.29 is 27.1 Å². The highest BCUT2D eigenvalue weighted by Gasteiger charge is 2.44. The Kier molecular flexibility index (Phi) is 3.79. The third-order valence-corrected chi connectivity index (χ3v) is 5.30. The lowest BCUT2D eigenvalue weighted by molar-refractivity contribution is -0.141. The van der Waals surface area contributed by atoms with E-state index in [4.69, 9.17) is 5.11 Å². The lowest BCUT2D eigenvalue weighted by Gasteiger charge is -2.23. The Morgan fingerprint density at radius 3 is 2.60 bits per heavy atom. The van der Waals surface area contributed by atoms with E-state index in [1.54, 1.807) is 6.92 Å². The molecular weight excluding hydrogens is 292 g/mol. The van der Waals surface area contributed by atoms with Crippen LogP contribution in [-0.2, 0) is 14.8 Å². The third kappa shape index (κ3) is 2.40. The molecule has 0 amide bonds. The number of rotatable bonds is 3. The summed E-state index contributed by atoms with van der Waals surface area (Å²) in [5.74, 6) is -3.77. The first kappa shape index (κ1) is 14.9.